The molecule has 0 amide bonds. The second kappa shape index (κ2) is 5.15. The molecule has 1 saturated carbocycles. The fraction of sp³-hybridized carbons (Fsp3) is 0.917. The van der Waals surface area contributed by atoms with Crippen LogP contribution in [0.2, 0.25) is 0 Å². The first-order chi connectivity index (χ1) is 9.17. The van der Waals surface area contributed by atoms with Gasteiger partial charge in [0.2, 0.25) is 0 Å². The molecule has 0 aromatic carbocycles. The van der Waals surface area contributed by atoms with Crippen LogP contribution in [-0.4, -0.2) is 57.2 Å². The Morgan fingerprint density at radius 2 is 2.00 bits per heavy atom. The molecule has 2 aliphatic rings. The van der Waals surface area contributed by atoms with Crippen molar-refractivity contribution >= 4 is 0 Å². The van der Waals surface area contributed by atoms with Gasteiger partial charge in [-0.3, -0.25) is 4.90 Å². The molecule has 3 rings (SSSR count). The standard InChI is InChI=1S/C12H21N5O2/c1-16(9-11-13-15-17(2)14-11)10-3-5-12(6-4-10)18-7-8-19-12/h10H,3-9H2,1-2H3. The van der Waals surface area contributed by atoms with E-state index in [9.17, 15) is 0 Å². The van der Waals surface area contributed by atoms with E-state index in [1.54, 1.807) is 7.05 Å². The first kappa shape index (κ1) is 13.0. The summed E-state index contributed by atoms with van der Waals surface area (Å²) in [6, 6.07) is 0.544. The maximum absolute atomic E-state index is 5.75. The smallest absolute Gasteiger partial charge is 0.188 e. The first-order valence-electron chi connectivity index (χ1n) is 6.88. The van der Waals surface area contributed by atoms with Gasteiger partial charge in [-0.05, 0) is 25.1 Å². The summed E-state index contributed by atoms with van der Waals surface area (Å²) < 4.78 is 11.5. The van der Waals surface area contributed by atoms with Gasteiger partial charge >= 0.3 is 0 Å². The minimum absolute atomic E-state index is 0.276. The van der Waals surface area contributed by atoms with Gasteiger partial charge in [-0.15, -0.1) is 10.2 Å². The van der Waals surface area contributed by atoms with Gasteiger partial charge in [0, 0.05) is 18.9 Å². The monoisotopic (exact) mass is 267 g/mol. The third-order valence-corrected chi connectivity index (χ3v) is 4.09. The van der Waals surface area contributed by atoms with Crippen LogP contribution in [0.3, 0.4) is 0 Å². The highest BCUT2D eigenvalue weighted by Crippen LogP contribution is 2.37. The van der Waals surface area contributed by atoms with Crippen LogP contribution in [0.5, 0.6) is 0 Å². The largest absolute Gasteiger partial charge is 0.348 e. The average molecular weight is 267 g/mol. The molecule has 0 N–H and O–H groups in total. The molecule has 2 fully saturated rings. The summed E-state index contributed by atoms with van der Waals surface area (Å²) in [4.78, 5) is 3.80. The fourth-order valence-electron chi connectivity index (χ4n) is 3.01. The first-order valence-corrected chi connectivity index (χ1v) is 6.88. The lowest BCUT2D eigenvalue weighted by molar-refractivity contribution is -0.183. The Bertz CT molecular complexity index is 420. The van der Waals surface area contributed by atoms with Crippen LogP contribution in [0, 0.1) is 0 Å². The van der Waals surface area contributed by atoms with Crippen molar-refractivity contribution in [2.75, 3.05) is 20.3 Å². The fourth-order valence-corrected chi connectivity index (χ4v) is 3.01. The van der Waals surface area contributed by atoms with E-state index in [0.717, 1.165) is 51.3 Å². The zero-order chi connectivity index (χ0) is 13.3. The minimum atomic E-state index is -0.276. The number of hydrogen-bond acceptors (Lipinski definition) is 6. The summed E-state index contributed by atoms with van der Waals surface area (Å²) in [5, 5.41) is 12.1. The highest BCUT2D eigenvalue weighted by atomic mass is 16.7. The van der Waals surface area contributed by atoms with Gasteiger partial charge in [0.05, 0.1) is 26.8 Å². The van der Waals surface area contributed by atoms with Crippen molar-refractivity contribution in [1.82, 2.24) is 25.1 Å². The maximum atomic E-state index is 5.75. The van der Waals surface area contributed by atoms with Crippen LogP contribution in [0.15, 0.2) is 0 Å². The molecule has 1 aromatic rings. The molecular weight excluding hydrogens is 246 g/mol. The van der Waals surface area contributed by atoms with Crippen LogP contribution in [0.1, 0.15) is 31.5 Å². The van der Waals surface area contributed by atoms with Crippen LogP contribution in [0.25, 0.3) is 0 Å². The number of tetrazole rings is 1. The van der Waals surface area contributed by atoms with E-state index in [-0.39, 0.29) is 5.79 Å². The molecule has 106 valence electrons. The molecule has 0 atom stereocenters. The van der Waals surface area contributed by atoms with Gasteiger partial charge < -0.3 is 9.47 Å². The molecule has 0 bridgehead atoms. The Morgan fingerprint density at radius 1 is 1.32 bits per heavy atom. The Hall–Kier alpha value is -1.05. The molecule has 1 spiro atoms. The van der Waals surface area contributed by atoms with Crippen LogP contribution in [0.4, 0.5) is 0 Å². The number of hydrogen-bond donors (Lipinski definition) is 0. The number of ether oxygens (including phenoxy) is 2. The molecule has 1 saturated heterocycles. The lowest BCUT2D eigenvalue weighted by atomic mass is 9.89. The number of aromatic nitrogens is 4. The van der Waals surface area contributed by atoms with Crippen molar-refractivity contribution in [3.63, 3.8) is 0 Å². The van der Waals surface area contributed by atoms with Gasteiger partial charge in [0.1, 0.15) is 0 Å². The predicted octanol–water partition coefficient (Wildman–Crippen LogP) is 0.328. The molecule has 7 nitrogen and oxygen atoms in total. The van der Waals surface area contributed by atoms with Crippen LogP contribution < -0.4 is 0 Å². The topological polar surface area (TPSA) is 65.3 Å². The lowest BCUT2D eigenvalue weighted by Crippen LogP contribution is -2.42. The van der Waals surface area contributed by atoms with Crippen molar-refractivity contribution in [2.24, 2.45) is 7.05 Å². The summed E-state index contributed by atoms with van der Waals surface area (Å²) in [7, 11) is 3.91. The molecular formula is C12H21N5O2. The third kappa shape index (κ3) is 2.77. The predicted molar refractivity (Wildman–Crippen MR) is 67.2 cm³/mol. The molecule has 19 heavy (non-hydrogen) atoms. The van der Waals surface area contributed by atoms with Crippen molar-refractivity contribution < 1.29 is 9.47 Å². The van der Waals surface area contributed by atoms with E-state index in [4.69, 9.17) is 9.47 Å². The van der Waals surface area contributed by atoms with Crippen molar-refractivity contribution in [3.8, 4) is 0 Å². The van der Waals surface area contributed by atoms with E-state index in [0.29, 0.717) is 6.04 Å². The van der Waals surface area contributed by atoms with Gasteiger partial charge in [0.15, 0.2) is 11.6 Å². The molecule has 1 aromatic heterocycles. The molecule has 0 radical (unpaired) electrons. The van der Waals surface area contributed by atoms with Crippen molar-refractivity contribution in [1.29, 1.82) is 0 Å². The SMILES string of the molecule is CN(Cc1nnn(C)n1)C1CCC2(CC1)OCCO2. The third-order valence-electron chi connectivity index (χ3n) is 4.09. The highest BCUT2D eigenvalue weighted by molar-refractivity contribution is 4.87. The summed E-state index contributed by atoms with van der Waals surface area (Å²) in [6.07, 6.45) is 4.15. The summed E-state index contributed by atoms with van der Waals surface area (Å²) in [5.74, 6) is 0.501. The van der Waals surface area contributed by atoms with E-state index in [2.05, 4.69) is 27.4 Å². The number of nitrogens with zero attached hydrogens (tertiary/aromatic N) is 5. The van der Waals surface area contributed by atoms with Crippen LogP contribution in [-0.2, 0) is 23.1 Å². The van der Waals surface area contributed by atoms with Gasteiger partial charge in [-0.25, -0.2) is 0 Å². The van der Waals surface area contributed by atoms with Gasteiger partial charge in [-0.2, -0.15) is 4.80 Å². The minimum Gasteiger partial charge on any atom is -0.348 e. The van der Waals surface area contributed by atoms with E-state index in [1.807, 2.05) is 0 Å². The zero-order valence-electron chi connectivity index (χ0n) is 11.6. The van der Waals surface area contributed by atoms with Gasteiger partial charge in [-0.1, -0.05) is 0 Å². The Morgan fingerprint density at radius 3 is 2.58 bits per heavy atom. The summed E-state index contributed by atoms with van der Waals surface area (Å²) in [5.41, 5.74) is 0. The van der Waals surface area contributed by atoms with E-state index in [1.165, 1.54) is 4.80 Å². The highest BCUT2D eigenvalue weighted by Gasteiger charge is 2.41. The lowest BCUT2D eigenvalue weighted by Gasteiger charge is -2.38. The Labute approximate surface area is 112 Å². The van der Waals surface area contributed by atoms with E-state index < -0.39 is 0 Å². The molecule has 7 heteroatoms. The molecule has 0 unspecified atom stereocenters. The van der Waals surface area contributed by atoms with Crippen molar-refractivity contribution in [2.45, 2.75) is 44.1 Å². The quantitative estimate of drug-likeness (QED) is 0.786. The maximum Gasteiger partial charge on any atom is 0.188 e. The zero-order valence-corrected chi connectivity index (χ0v) is 11.6. The Balaban J connectivity index is 1.53. The average Bonchev–Trinajstić information content (AvgIpc) is 3.00. The molecule has 2 heterocycles. The van der Waals surface area contributed by atoms with E-state index >= 15 is 0 Å². The summed E-state index contributed by atoms with van der Waals surface area (Å²) >= 11 is 0. The molecule has 1 aliphatic heterocycles. The van der Waals surface area contributed by atoms with Gasteiger partial charge in [0.25, 0.3) is 0 Å². The second-order valence-corrected chi connectivity index (χ2v) is 5.45. The Kier molecular flexibility index (Phi) is 3.51. The number of aryl methyl sites for hydroxylation is 1. The van der Waals surface area contributed by atoms with Crippen molar-refractivity contribution in [3.05, 3.63) is 5.82 Å². The number of rotatable bonds is 3. The normalized spacial score (nSPS) is 23.5. The van der Waals surface area contributed by atoms with Crippen LogP contribution >= 0.6 is 0 Å². The molecule has 1 aliphatic carbocycles. The summed E-state index contributed by atoms with van der Waals surface area (Å²) in [6.45, 7) is 2.22. The second-order valence-electron chi connectivity index (χ2n) is 5.45.